The van der Waals surface area contributed by atoms with Crippen LogP contribution in [0.3, 0.4) is 0 Å². The van der Waals surface area contributed by atoms with Crippen LogP contribution in [0.25, 0.3) is 0 Å². The van der Waals surface area contributed by atoms with Gasteiger partial charge in [-0.05, 0) is 20.8 Å². The lowest BCUT2D eigenvalue weighted by atomic mass is 10.3. The first-order valence-electron chi connectivity index (χ1n) is 4.66. The van der Waals surface area contributed by atoms with Crippen LogP contribution in [0, 0.1) is 0 Å². The summed E-state index contributed by atoms with van der Waals surface area (Å²) in [5.74, 6) is 1.34. The monoisotopic (exact) mass is 197 g/mol. The SMILES string of the molecule is CC1=NC(C)(NN(C)C)N(C)C(C)=N1. The molecular formula is C9H19N5. The molecule has 5 nitrogen and oxygen atoms in total. The molecular weight excluding hydrogens is 178 g/mol. The summed E-state index contributed by atoms with van der Waals surface area (Å²) in [7, 11) is 5.88. The summed E-state index contributed by atoms with van der Waals surface area (Å²) in [5.41, 5.74) is 3.26. The second-order valence-corrected chi connectivity index (χ2v) is 3.90. The average molecular weight is 197 g/mol. The summed E-state index contributed by atoms with van der Waals surface area (Å²) in [6.07, 6.45) is 0. The van der Waals surface area contributed by atoms with Gasteiger partial charge in [-0.3, -0.25) is 0 Å². The molecule has 80 valence electrons. The molecule has 0 amide bonds. The molecule has 1 N–H and O–H groups in total. The van der Waals surface area contributed by atoms with E-state index in [1.165, 1.54) is 0 Å². The maximum Gasteiger partial charge on any atom is 0.199 e. The zero-order valence-corrected chi connectivity index (χ0v) is 9.79. The molecule has 1 heterocycles. The van der Waals surface area contributed by atoms with E-state index in [4.69, 9.17) is 0 Å². The molecule has 1 aliphatic rings. The van der Waals surface area contributed by atoms with Crippen molar-refractivity contribution < 1.29 is 0 Å². The average Bonchev–Trinajstić information content (AvgIpc) is 1.98. The van der Waals surface area contributed by atoms with Gasteiger partial charge in [-0.15, -0.1) is 0 Å². The fourth-order valence-electron chi connectivity index (χ4n) is 1.56. The van der Waals surface area contributed by atoms with Gasteiger partial charge in [0.2, 0.25) is 0 Å². The van der Waals surface area contributed by atoms with Gasteiger partial charge in [0, 0.05) is 21.1 Å². The number of hydrogen-bond donors (Lipinski definition) is 1. The minimum Gasteiger partial charge on any atom is -0.326 e. The first-order valence-corrected chi connectivity index (χ1v) is 4.66. The largest absolute Gasteiger partial charge is 0.326 e. The van der Waals surface area contributed by atoms with Gasteiger partial charge in [-0.25, -0.2) is 20.4 Å². The molecule has 0 aromatic rings. The Hall–Kier alpha value is -0.940. The van der Waals surface area contributed by atoms with E-state index in [1.54, 1.807) is 0 Å². The summed E-state index contributed by atoms with van der Waals surface area (Å²) in [5, 5.41) is 1.89. The Kier molecular flexibility index (Phi) is 2.92. The third-order valence-corrected chi connectivity index (χ3v) is 2.28. The lowest BCUT2D eigenvalue weighted by Crippen LogP contribution is -2.61. The molecule has 0 spiro atoms. The normalized spacial score (nSPS) is 27.8. The molecule has 0 saturated carbocycles. The Balaban J connectivity index is 2.94. The van der Waals surface area contributed by atoms with Crippen LogP contribution < -0.4 is 5.43 Å². The number of hydrogen-bond acceptors (Lipinski definition) is 5. The third kappa shape index (κ3) is 2.10. The van der Waals surface area contributed by atoms with Crippen LogP contribution in [-0.4, -0.2) is 48.5 Å². The van der Waals surface area contributed by atoms with Gasteiger partial charge in [0.15, 0.2) is 5.79 Å². The highest BCUT2D eigenvalue weighted by molar-refractivity contribution is 5.96. The molecule has 1 unspecified atom stereocenters. The fraction of sp³-hybridized carbons (Fsp3) is 0.778. The molecule has 0 aliphatic carbocycles. The van der Waals surface area contributed by atoms with Gasteiger partial charge in [0.25, 0.3) is 0 Å². The minimum absolute atomic E-state index is 0.431. The van der Waals surface area contributed by atoms with E-state index in [1.807, 2.05) is 51.8 Å². The van der Waals surface area contributed by atoms with E-state index in [2.05, 4.69) is 15.4 Å². The number of amidine groups is 2. The number of aliphatic imine (C=N–C) groups is 2. The lowest BCUT2D eigenvalue weighted by molar-refractivity contribution is 0.0826. The van der Waals surface area contributed by atoms with Crippen molar-refractivity contribution in [2.24, 2.45) is 9.98 Å². The first kappa shape index (κ1) is 11.1. The molecule has 0 bridgehead atoms. The summed E-state index contributed by atoms with van der Waals surface area (Å²) in [6.45, 7) is 5.91. The minimum atomic E-state index is -0.431. The Morgan fingerprint density at radius 2 is 1.93 bits per heavy atom. The molecule has 5 heteroatoms. The molecule has 14 heavy (non-hydrogen) atoms. The molecule has 0 radical (unpaired) electrons. The van der Waals surface area contributed by atoms with Crippen molar-refractivity contribution in [3.63, 3.8) is 0 Å². The number of nitrogens with one attached hydrogen (secondary N) is 1. The van der Waals surface area contributed by atoms with Crippen molar-refractivity contribution in [2.45, 2.75) is 26.6 Å². The van der Waals surface area contributed by atoms with Crippen molar-refractivity contribution in [3.05, 3.63) is 0 Å². The molecule has 0 aromatic carbocycles. The van der Waals surface area contributed by atoms with Crippen molar-refractivity contribution in [3.8, 4) is 0 Å². The van der Waals surface area contributed by atoms with Crippen molar-refractivity contribution >= 4 is 11.7 Å². The molecule has 0 aromatic heterocycles. The van der Waals surface area contributed by atoms with Gasteiger partial charge in [-0.2, -0.15) is 0 Å². The van der Waals surface area contributed by atoms with Gasteiger partial charge in [0.05, 0.1) is 0 Å². The van der Waals surface area contributed by atoms with Crippen molar-refractivity contribution in [1.82, 2.24) is 15.3 Å². The third-order valence-electron chi connectivity index (χ3n) is 2.28. The van der Waals surface area contributed by atoms with Crippen molar-refractivity contribution in [2.75, 3.05) is 21.1 Å². The summed E-state index contributed by atoms with van der Waals surface area (Å²) < 4.78 is 0. The maximum absolute atomic E-state index is 4.49. The van der Waals surface area contributed by atoms with Crippen LogP contribution in [0.5, 0.6) is 0 Å². The van der Waals surface area contributed by atoms with Crippen LogP contribution in [0.2, 0.25) is 0 Å². The van der Waals surface area contributed by atoms with Crippen LogP contribution in [0.1, 0.15) is 20.8 Å². The van der Waals surface area contributed by atoms with Crippen LogP contribution in [-0.2, 0) is 0 Å². The quantitative estimate of drug-likeness (QED) is 0.656. The van der Waals surface area contributed by atoms with Gasteiger partial charge in [-0.1, -0.05) is 0 Å². The van der Waals surface area contributed by atoms with Gasteiger partial charge >= 0.3 is 0 Å². The summed E-state index contributed by atoms with van der Waals surface area (Å²) >= 11 is 0. The number of rotatable bonds is 2. The molecule has 0 saturated heterocycles. The highest BCUT2D eigenvalue weighted by Crippen LogP contribution is 2.17. The second kappa shape index (κ2) is 3.67. The second-order valence-electron chi connectivity index (χ2n) is 3.90. The smallest absolute Gasteiger partial charge is 0.199 e. The Labute approximate surface area is 85.5 Å². The Morgan fingerprint density at radius 1 is 1.36 bits per heavy atom. The standard InChI is InChI=1S/C9H19N5/c1-7-10-8(2)14(6)9(3,11-7)12-13(4)5/h12H,1-6H3. The molecule has 1 atom stereocenters. The van der Waals surface area contributed by atoms with Crippen LogP contribution in [0.15, 0.2) is 9.98 Å². The predicted molar refractivity (Wildman–Crippen MR) is 59.2 cm³/mol. The number of nitrogens with zero attached hydrogens (tertiary/aromatic N) is 4. The molecule has 1 rings (SSSR count). The zero-order chi connectivity index (χ0) is 10.9. The Morgan fingerprint density at radius 3 is 2.43 bits per heavy atom. The van der Waals surface area contributed by atoms with Crippen molar-refractivity contribution in [1.29, 1.82) is 0 Å². The van der Waals surface area contributed by atoms with Gasteiger partial charge in [0.1, 0.15) is 11.7 Å². The predicted octanol–water partition coefficient (Wildman–Crippen LogP) is 0.508. The summed E-state index contributed by atoms with van der Waals surface area (Å²) in [6, 6.07) is 0. The van der Waals surface area contributed by atoms with Crippen LogP contribution in [0.4, 0.5) is 0 Å². The van der Waals surface area contributed by atoms with E-state index >= 15 is 0 Å². The number of hydrazine groups is 1. The van der Waals surface area contributed by atoms with E-state index in [0.717, 1.165) is 11.7 Å². The van der Waals surface area contributed by atoms with E-state index < -0.39 is 5.79 Å². The van der Waals surface area contributed by atoms with E-state index in [0.29, 0.717) is 0 Å². The highest BCUT2D eigenvalue weighted by atomic mass is 15.6. The van der Waals surface area contributed by atoms with Gasteiger partial charge < -0.3 is 4.90 Å². The first-order chi connectivity index (χ1) is 6.35. The Bertz CT molecular complexity index is 281. The van der Waals surface area contributed by atoms with E-state index in [-0.39, 0.29) is 0 Å². The zero-order valence-electron chi connectivity index (χ0n) is 9.79. The van der Waals surface area contributed by atoms with Crippen LogP contribution >= 0.6 is 0 Å². The molecule has 0 fully saturated rings. The highest BCUT2D eigenvalue weighted by Gasteiger charge is 2.32. The topological polar surface area (TPSA) is 43.2 Å². The molecule has 1 aliphatic heterocycles. The maximum atomic E-state index is 4.49. The lowest BCUT2D eigenvalue weighted by Gasteiger charge is -2.41. The van der Waals surface area contributed by atoms with E-state index in [9.17, 15) is 0 Å². The fourth-order valence-corrected chi connectivity index (χ4v) is 1.56. The summed E-state index contributed by atoms with van der Waals surface area (Å²) in [4.78, 5) is 10.8.